The molecule has 118 valence electrons. The third-order valence-corrected chi connectivity index (χ3v) is 4.75. The van der Waals surface area contributed by atoms with Gasteiger partial charge in [-0.1, -0.05) is 6.07 Å². The highest BCUT2D eigenvalue weighted by atomic mass is 32.2. The molecule has 1 fully saturated rings. The Morgan fingerprint density at radius 3 is 2.57 bits per heavy atom. The predicted octanol–water partition coefficient (Wildman–Crippen LogP) is 2.70. The number of nitrogen functional groups attached to an aromatic ring is 1. The molecule has 0 spiro atoms. The zero-order chi connectivity index (χ0) is 16.4. The van der Waals surface area contributed by atoms with Crippen molar-refractivity contribution < 1.29 is 14.3 Å². The molecular formula is C17H16N2O3S. The zero-order valence-corrected chi connectivity index (χ0v) is 13.4. The molecule has 2 aromatic rings. The van der Waals surface area contributed by atoms with Gasteiger partial charge < -0.3 is 10.5 Å². The molecule has 1 heterocycles. The molecule has 0 bridgehead atoms. The molecule has 3 rings (SSSR count). The van der Waals surface area contributed by atoms with E-state index in [9.17, 15) is 9.59 Å². The summed E-state index contributed by atoms with van der Waals surface area (Å²) in [6.07, 6.45) is 0.185. The average Bonchev–Trinajstić information content (AvgIpc) is 2.81. The quantitative estimate of drug-likeness (QED) is 0.690. The Hall–Kier alpha value is -2.47. The molecule has 0 aliphatic carbocycles. The summed E-state index contributed by atoms with van der Waals surface area (Å²) in [4.78, 5) is 26.9. The molecule has 1 aliphatic heterocycles. The highest BCUT2D eigenvalue weighted by Crippen LogP contribution is 2.34. The van der Waals surface area contributed by atoms with Crippen LogP contribution in [0.2, 0.25) is 0 Å². The second kappa shape index (κ2) is 6.34. The average molecular weight is 328 g/mol. The maximum atomic E-state index is 12.6. The van der Waals surface area contributed by atoms with Gasteiger partial charge in [0.1, 0.15) is 5.75 Å². The van der Waals surface area contributed by atoms with Gasteiger partial charge in [0.2, 0.25) is 11.8 Å². The lowest BCUT2D eigenvalue weighted by Gasteiger charge is -2.15. The molecule has 0 aromatic heterocycles. The number of nitrogens with zero attached hydrogens (tertiary/aromatic N) is 1. The molecule has 1 saturated heterocycles. The van der Waals surface area contributed by atoms with Crippen molar-refractivity contribution in [2.45, 2.75) is 16.6 Å². The van der Waals surface area contributed by atoms with E-state index in [1.807, 2.05) is 12.1 Å². The van der Waals surface area contributed by atoms with Crippen molar-refractivity contribution >= 4 is 35.0 Å². The fourth-order valence-corrected chi connectivity index (χ4v) is 3.57. The minimum Gasteiger partial charge on any atom is -0.497 e. The first-order chi connectivity index (χ1) is 11.1. The molecule has 6 heteroatoms. The number of amides is 2. The van der Waals surface area contributed by atoms with Crippen molar-refractivity contribution in [3.8, 4) is 5.75 Å². The number of benzene rings is 2. The van der Waals surface area contributed by atoms with Crippen LogP contribution in [0.5, 0.6) is 5.75 Å². The van der Waals surface area contributed by atoms with Gasteiger partial charge in [0.15, 0.2) is 0 Å². The van der Waals surface area contributed by atoms with Crippen molar-refractivity contribution in [1.29, 1.82) is 0 Å². The van der Waals surface area contributed by atoms with Gasteiger partial charge in [-0.2, -0.15) is 0 Å². The molecule has 2 amide bonds. The van der Waals surface area contributed by atoms with E-state index in [0.717, 1.165) is 4.90 Å². The smallest absolute Gasteiger partial charge is 0.247 e. The number of hydrogen-bond donors (Lipinski definition) is 1. The van der Waals surface area contributed by atoms with Gasteiger partial charge in [-0.3, -0.25) is 9.59 Å². The van der Waals surface area contributed by atoms with Crippen molar-refractivity contribution in [1.82, 2.24) is 0 Å². The largest absolute Gasteiger partial charge is 0.497 e. The molecular weight excluding hydrogens is 312 g/mol. The Kier molecular flexibility index (Phi) is 4.25. The zero-order valence-electron chi connectivity index (χ0n) is 12.6. The molecule has 2 aromatic carbocycles. The number of thioether (sulfide) groups is 1. The number of rotatable bonds is 4. The van der Waals surface area contributed by atoms with Crippen LogP contribution in [-0.4, -0.2) is 24.2 Å². The number of carbonyl (C=O) groups excluding carboxylic acids is 2. The van der Waals surface area contributed by atoms with E-state index in [1.54, 1.807) is 43.5 Å². The SMILES string of the molecule is COc1ccc(N2C(=O)C[C@H](Sc3cccc(N)c3)C2=O)cc1. The maximum Gasteiger partial charge on any atom is 0.247 e. The van der Waals surface area contributed by atoms with Gasteiger partial charge in [-0.05, 0) is 42.5 Å². The van der Waals surface area contributed by atoms with Crippen LogP contribution in [0, 0.1) is 0 Å². The molecule has 1 atom stereocenters. The number of imide groups is 1. The fraction of sp³-hybridized carbons (Fsp3) is 0.176. The summed E-state index contributed by atoms with van der Waals surface area (Å²) in [5, 5.41) is -0.425. The monoisotopic (exact) mass is 328 g/mol. The number of nitrogens with two attached hydrogens (primary N) is 1. The van der Waals surface area contributed by atoms with E-state index in [-0.39, 0.29) is 18.2 Å². The van der Waals surface area contributed by atoms with Crippen LogP contribution in [-0.2, 0) is 9.59 Å². The molecule has 0 unspecified atom stereocenters. The van der Waals surface area contributed by atoms with Crippen LogP contribution >= 0.6 is 11.8 Å². The fourth-order valence-electron chi connectivity index (χ4n) is 2.45. The molecule has 1 aliphatic rings. The van der Waals surface area contributed by atoms with Crippen LogP contribution in [0.3, 0.4) is 0 Å². The summed E-state index contributed by atoms with van der Waals surface area (Å²) in [5.41, 5.74) is 6.96. The van der Waals surface area contributed by atoms with Crippen LogP contribution in [0.15, 0.2) is 53.4 Å². The summed E-state index contributed by atoms with van der Waals surface area (Å²) < 4.78 is 5.09. The lowest BCUT2D eigenvalue weighted by Crippen LogP contribution is -2.31. The third kappa shape index (κ3) is 3.17. The van der Waals surface area contributed by atoms with E-state index in [1.165, 1.54) is 16.7 Å². The van der Waals surface area contributed by atoms with Crippen molar-refractivity contribution in [3.63, 3.8) is 0 Å². The Bertz CT molecular complexity index is 746. The molecule has 2 N–H and O–H groups in total. The molecule has 23 heavy (non-hydrogen) atoms. The standard InChI is InChI=1S/C17H16N2O3S/c1-22-13-7-5-12(6-8-13)19-16(20)10-15(17(19)21)23-14-4-2-3-11(18)9-14/h2-9,15H,10,18H2,1H3/t15-/m0/s1. The van der Waals surface area contributed by atoms with Gasteiger partial charge in [0.05, 0.1) is 18.0 Å². The summed E-state index contributed by atoms with van der Waals surface area (Å²) in [6, 6.07) is 14.2. The van der Waals surface area contributed by atoms with Crippen LogP contribution in [0.25, 0.3) is 0 Å². The summed E-state index contributed by atoms with van der Waals surface area (Å²) in [5.74, 6) is 0.285. The van der Waals surface area contributed by atoms with Gasteiger partial charge >= 0.3 is 0 Å². The lowest BCUT2D eigenvalue weighted by molar-refractivity contribution is -0.121. The molecule has 0 saturated carbocycles. The maximum absolute atomic E-state index is 12.6. The highest BCUT2D eigenvalue weighted by Gasteiger charge is 2.40. The van der Waals surface area contributed by atoms with Crippen molar-refractivity contribution in [3.05, 3.63) is 48.5 Å². The Morgan fingerprint density at radius 2 is 1.91 bits per heavy atom. The Labute approximate surface area is 138 Å². The van der Waals surface area contributed by atoms with Gasteiger partial charge in [-0.15, -0.1) is 11.8 Å². The third-order valence-electron chi connectivity index (χ3n) is 3.57. The first-order valence-corrected chi connectivity index (χ1v) is 7.99. The normalized spacial score (nSPS) is 17.6. The second-order valence-corrected chi connectivity index (χ2v) is 6.42. The minimum atomic E-state index is -0.425. The number of methoxy groups -OCH3 is 1. The van der Waals surface area contributed by atoms with Gasteiger partial charge in [0.25, 0.3) is 0 Å². The van der Waals surface area contributed by atoms with E-state index in [2.05, 4.69) is 0 Å². The Morgan fingerprint density at radius 1 is 1.17 bits per heavy atom. The topological polar surface area (TPSA) is 72.6 Å². The van der Waals surface area contributed by atoms with Crippen molar-refractivity contribution in [2.75, 3.05) is 17.7 Å². The lowest BCUT2D eigenvalue weighted by atomic mass is 10.3. The van der Waals surface area contributed by atoms with E-state index in [4.69, 9.17) is 10.5 Å². The minimum absolute atomic E-state index is 0.185. The highest BCUT2D eigenvalue weighted by molar-refractivity contribution is 8.00. The molecule has 5 nitrogen and oxygen atoms in total. The number of carbonyl (C=O) groups is 2. The van der Waals surface area contributed by atoms with E-state index >= 15 is 0 Å². The van der Waals surface area contributed by atoms with Crippen LogP contribution in [0.4, 0.5) is 11.4 Å². The van der Waals surface area contributed by atoms with E-state index in [0.29, 0.717) is 17.1 Å². The predicted molar refractivity (Wildman–Crippen MR) is 90.6 cm³/mol. The van der Waals surface area contributed by atoms with Crippen molar-refractivity contribution in [2.24, 2.45) is 0 Å². The first kappa shape index (κ1) is 15.4. The van der Waals surface area contributed by atoms with Gasteiger partial charge in [-0.25, -0.2) is 4.90 Å². The summed E-state index contributed by atoms with van der Waals surface area (Å²) in [6.45, 7) is 0. The number of anilines is 2. The second-order valence-electron chi connectivity index (χ2n) is 5.15. The number of ether oxygens (including phenoxy) is 1. The summed E-state index contributed by atoms with van der Waals surface area (Å²) >= 11 is 1.37. The van der Waals surface area contributed by atoms with Gasteiger partial charge in [0, 0.05) is 17.0 Å². The summed E-state index contributed by atoms with van der Waals surface area (Å²) in [7, 11) is 1.57. The molecule has 0 radical (unpaired) electrons. The van der Waals surface area contributed by atoms with E-state index < -0.39 is 5.25 Å². The Balaban J connectivity index is 1.79. The first-order valence-electron chi connectivity index (χ1n) is 7.11. The van der Waals surface area contributed by atoms with Crippen LogP contribution < -0.4 is 15.4 Å². The van der Waals surface area contributed by atoms with Crippen LogP contribution in [0.1, 0.15) is 6.42 Å². The number of hydrogen-bond acceptors (Lipinski definition) is 5.